The van der Waals surface area contributed by atoms with Crippen LogP contribution < -0.4 is 10.9 Å². The highest BCUT2D eigenvalue weighted by atomic mass is 79.9. The van der Waals surface area contributed by atoms with E-state index in [9.17, 15) is 14.4 Å². The molecule has 2 N–H and O–H groups in total. The van der Waals surface area contributed by atoms with Gasteiger partial charge >= 0.3 is 0 Å². The van der Waals surface area contributed by atoms with Crippen LogP contribution in [0.4, 0.5) is 5.69 Å². The number of carbonyl (C=O) groups is 2. The van der Waals surface area contributed by atoms with Crippen LogP contribution in [0.1, 0.15) is 42.6 Å². The lowest BCUT2D eigenvalue weighted by molar-refractivity contribution is -0.116. The summed E-state index contributed by atoms with van der Waals surface area (Å²) in [6, 6.07) is 9.03. The quantitative estimate of drug-likeness (QED) is 0.685. The first kappa shape index (κ1) is 19.1. The third-order valence-corrected chi connectivity index (χ3v) is 4.10. The molecular weight excluding hydrogens is 384 g/mol. The molecule has 0 aliphatic heterocycles. The summed E-state index contributed by atoms with van der Waals surface area (Å²) >= 11 is 3.22. The second-order valence-corrected chi connectivity index (χ2v) is 7.24. The van der Waals surface area contributed by atoms with Crippen molar-refractivity contribution in [3.63, 3.8) is 0 Å². The van der Waals surface area contributed by atoms with Crippen molar-refractivity contribution in [3.05, 3.63) is 62.5 Å². The SMILES string of the molecule is CC(C)Cc1ccc(C(=O)CCC(=O)Nc2cc(Br)c[nH]c2=O)cc1. The second kappa shape index (κ2) is 8.76. The molecule has 5 nitrogen and oxygen atoms in total. The van der Waals surface area contributed by atoms with Crippen molar-refractivity contribution in [3.8, 4) is 0 Å². The highest BCUT2D eigenvalue weighted by Gasteiger charge is 2.11. The number of H-pyrrole nitrogens is 1. The zero-order valence-electron chi connectivity index (χ0n) is 14.3. The van der Waals surface area contributed by atoms with Gasteiger partial charge in [-0.15, -0.1) is 0 Å². The van der Waals surface area contributed by atoms with Gasteiger partial charge in [-0.3, -0.25) is 14.4 Å². The predicted octanol–water partition coefficient (Wildman–Crippen LogP) is 3.94. The Hall–Kier alpha value is -2.21. The number of pyridine rings is 1. The first-order chi connectivity index (χ1) is 11.8. The van der Waals surface area contributed by atoms with Crippen molar-refractivity contribution in [1.29, 1.82) is 0 Å². The Bertz CT molecular complexity index is 810. The molecule has 0 radical (unpaired) electrons. The fourth-order valence-corrected chi connectivity index (χ4v) is 2.78. The van der Waals surface area contributed by atoms with Crippen LogP contribution in [0.3, 0.4) is 0 Å². The van der Waals surface area contributed by atoms with Gasteiger partial charge in [-0.05, 0) is 39.9 Å². The number of benzene rings is 1. The van der Waals surface area contributed by atoms with Gasteiger partial charge in [-0.25, -0.2) is 0 Å². The highest BCUT2D eigenvalue weighted by Crippen LogP contribution is 2.13. The number of aromatic amines is 1. The van der Waals surface area contributed by atoms with Gasteiger partial charge in [0.2, 0.25) is 5.91 Å². The van der Waals surface area contributed by atoms with Crippen LogP contribution in [0.2, 0.25) is 0 Å². The van der Waals surface area contributed by atoms with Gasteiger partial charge in [-0.2, -0.15) is 0 Å². The molecule has 2 aromatic rings. The number of carbonyl (C=O) groups excluding carboxylic acids is 2. The van der Waals surface area contributed by atoms with Crippen LogP contribution in [0.15, 0.2) is 45.8 Å². The largest absolute Gasteiger partial charge is 0.326 e. The number of nitrogens with one attached hydrogen (secondary N) is 2. The number of anilines is 1. The molecule has 0 saturated carbocycles. The van der Waals surface area contributed by atoms with Crippen LogP contribution in [0, 0.1) is 5.92 Å². The molecule has 6 heteroatoms. The van der Waals surface area contributed by atoms with E-state index in [2.05, 4.69) is 40.1 Å². The van der Waals surface area contributed by atoms with E-state index < -0.39 is 0 Å². The Balaban J connectivity index is 1.89. The molecule has 0 aliphatic rings. The molecule has 1 heterocycles. The maximum absolute atomic E-state index is 12.2. The highest BCUT2D eigenvalue weighted by molar-refractivity contribution is 9.10. The first-order valence-corrected chi connectivity index (χ1v) is 8.94. The minimum atomic E-state index is -0.386. The molecule has 0 unspecified atom stereocenters. The minimum absolute atomic E-state index is 0.0263. The van der Waals surface area contributed by atoms with E-state index in [1.54, 1.807) is 12.1 Å². The Labute approximate surface area is 155 Å². The Morgan fingerprint density at radius 3 is 2.48 bits per heavy atom. The first-order valence-electron chi connectivity index (χ1n) is 8.15. The molecule has 1 amide bonds. The number of Topliss-reactive ketones (excluding diaryl/α,β-unsaturated/α-hetero) is 1. The average Bonchev–Trinajstić information content (AvgIpc) is 2.56. The zero-order chi connectivity index (χ0) is 18.4. The molecule has 0 atom stereocenters. The van der Waals surface area contributed by atoms with Gasteiger partial charge in [0.25, 0.3) is 5.56 Å². The topological polar surface area (TPSA) is 79.0 Å². The predicted molar refractivity (Wildman–Crippen MR) is 102 cm³/mol. The standard InChI is InChI=1S/C19H21BrN2O3/c1-12(2)9-13-3-5-14(6-4-13)17(23)7-8-18(24)22-16-10-15(20)11-21-19(16)25/h3-6,10-12H,7-9H2,1-2H3,(H,21,25)(H,22,24). The summed E-state index contributed by atoms with van der Waals surface area (Å²) in [6.45, 7) is 4.29. The van der Waals surface area contributed by atoms with Gasteiger partial charge in [-0.1, -0.05) is 38.1 Å². The van der Waals surface area contributed by atoms with Gasteiger partial charge < -0.3 is 10.3 Å². The van der Waals surface area contributed by atoms with E-state index in [0.29, 0.717) is 16.0 Å². The van der Waals surface area contributed by atoms with Crippen LogP contribution >= 0.6 is 15.9 Å². The van der Waals surface area contributed by atoms with Crippen LogP contribution in [0.25, 0.3) is 0 Å². The lowest BCUT2D eigenvalue weighted by atomic mass is 9.99. The van der Waals surface area contributed by atoms with Gasteiger partial charge in [0.05, 0.1) is 0 Å². The minimum Gasteiger partial charge on any atom is -0.326 e. The van der Waals surface area contributed by atoms with Crippen LogP contribution in [0.5, 0.6) is 0 Å². The fourth-order valence-electron chi connectivity index (χ4n) is 2.43. The van der Waals surface area contributed by atoms with Crippen molar-refractivity contribution in [2.45, 2.75) is 33.1 Å². The molecule has 0 aliphatic carbocycles. The van der Waals surface area contributed by atoms with Gasteiger partial charge in [0.15, 0.2) is 5.78 Å². The van der Waals surface area contributed by atoms with E-state index in [-0.39, 0.29) is 35.8 Å². The Kier molecular flexibility index (Phi) is 6.70. The fraction of sp³-hybridized carbons (Fsp3) is 0.316. The van der Waals surface area contributed by atoms with E-state index in [4.69, 9.17) is 0 Å². The number of amides is 1. The second-order valence-electron chi connectivity index (χ2n) is 6.33. The number of aromatic nitrogens is 1. The smallest absolute Gasteiger partial charge is 0.271 e. The molecule has 25 heavy (non-hydrogen) atoms. The van der Waals surface area contributed by atoms with E-state index >= 15 is 0 Å². The van der Waals surface area contributed by atoms with E-state index in [1.165, 1.54) is 17.8 Å². The average molecular weight is 405 g/mol. The number of rotatable bonds is 7. The van der Waals surface area contributed by atoms with Crippen molar-refractivity contribution >= 4 is 33.3 Å². The van der Waals surface area contributed by atoms with Crippen molar-refractivity contribution in [1.82, 2.24) is 4.98 Å². The summed E-state index contributed by atoms with van der Waals surface area (Å²) in [6.07, 6.45) is 2.59. The summed E-state index contributed by atoms with van der Waals surface area (Å²) in [7, 11) is 0. The molecule has 0 fully saturated rings. The van der Waals surface area contributed by atoms with Crippen molar-refractivity contribution in [2.75, 3.05) is 5.32 Å². The Morgan fingerprint density at radius 2 is 1.84 bits per heavy atom. The molecule has 132 valence electrons. The van der Waals surface area contributed by atoms with Crippen LogP contribution in [-0.4, -0.2) is 16.7 Å². The van der Waals surface area contributed by atoms with Crippen molar-refractivity contribution < 1.29 is 9.59 Å². The third-order valence-electron chi connectivity index (χ3n) is 3.64. The summed E-state index contributed by atoms with van der Waals surface area (Å²) in [5.41, 5.74) is 1.56. The maximum Gasteiger partial charge on any atom is 0.271 e. The lowest BCUT2D eigenvalue weighted by Crippen LogP contribution is -2.20. The van der Waals surface area contributed by atoms with E-state index in [1.807, 2.05) is 12.1 Å². The Morgan fingerprint density at radius 1 is 1.16 bits per heavy atom. The number of hydrogen-bond donors (Lipinski definition) is 2. The normalized spacial score (nSPS) is 10.7. The maximum atomic E-state index is 12.2. The number of halogens is 1. The summed E-state index contributed by atoms with van der Waals surface area (Å²) in [5.74, 6) is 0.106. The van der Waals surface area contributed by atoms with Gasteiger partial charge in [0.1, 0.15) is 5.69 Å². The van der Waals surface area contributed by atoms with Crippen LogP contribution in [-0.2, 0) is 11.2 Å². The third kappa shape index (κ3) is 5.98. The molecule has 0 bridgehead atoms. The molecular formula is C19H21BrN2O3. The summed E-state index contributed by atoms with van der Waals surface area (Å²) in [4.78, 5) is 38.3. The number of hydrogen-bond acceptors (Lipinski definition) is 3. The monoisotopic (exact) mass is 404 g/mol. The molecule has 1 aromatic heterocycles. The number of ketones is 1. The summed E-state index contributed by atoms with van der Waals surface area (Å²) in [5, 5.41) is 2.52. The lowest BCUT2D eigenvalue weighted by Gasteiger charge is -2.07. The summed E-state index contributed by atoms with van der Waals surface area (Å²) < 4.78 is 0.653. The molecule has 0 saturated heterocycles. The molecule has 2 rings (SSSR count). The zero-order valence-corrected chi connectivity index (χ0v) is 15.9. The molecule has 0 spiro atoms. The van der Waals surface area contributed by atoms with E-state index in [0.717, 1.165) is 6.42 Å². The van der Waals surface area contributed by atoms with Crippen molar-refractivity contribution in [2.24, 2.45) is 5.92 Å². The molecule has 1 aromatic carbocycles. The van der Waals surface area contributed by atoms with Gasteiger partial charge in [0, 0.05) is 29.1 Å².